The fourth-order valence-electron chi connectivity index (χ4n) is 2.40. The zero-order chi connectivity index (χ0) is 17.0. The minimum absolute atomic E-state index is 0.417. The van der Waals surface area contributed by atoms with Crippen molar-refractivity contribution < 1.29 is 14.3 Å². The van der Waals surface area contributed by atoms with Crippen LogP contribution in [0.2, 0.25) is 0 Å². The number of nitrogens with one attached hydrogen (secondary N) is 1. The van der Waals surface area contributed by atoms with Crippen molar-refractivity contribution in [3.8, 4) is 5.75 Å². The Labute approximate surface area is 137 Å². The van der Waals surface area contributed by atoms with Crippen LogP contribution < -0.4 is 20.8 Å². The Morgan fingerprint density at radius 2 is 1.87 bits per heavy atom. The number of carbonyl (C=O) groups excluding carboxylic acids is 1. The number of nitrogens with two attached hydrogens (primary N) is 1. The first-order valence-corrected chi connectivity index (χ1v) is 7.71. The van der Waals surface area contributed by atoms with Gasteiger partial charge in [0.1, 0.15) is 11.4 Å². The quantitative estimate of drug-likeness (QED) is 0.827. The van der Waals surface area contributed by atoms with Crippen LogP contribution in [0.5, 0.6) is 5.75 Å². The Balaban J connectivity index is 1.87. The van der Waals surface area contributed by atoms with Gasteiger partial charge in [-0.1, -0.05) is 0 Å². The summed E-state index contributed by atoms with van der Waals surface area (Å²) in [5, 5.41) is 1.87. The molecule has 1 aliphatic heterocycles. The number of nitrogen functional groups attached to an aromatic ring is 1. The van der Waals surface area contributed by atoms with E-state index >= 15 is 0 Å². The van der Waals surface area contributed by atoms with Gasteiger partial charge in [0, 0.05) is 37.9 Å². The third-order valence-corrected chi connectivity index (χ3v) is 3.51. The van der Waals surface area contributed by atoms with E-state index in [1.807, 2.05) is 44.0 Å². The van der Waals surface area contributed by atoms with Crippen molar-refractivity contribution in [2.24, 2.45) is 0 Å². The Hall–Kier alpha value is -2.15. The number of anilines is 2. The SMILES string of the molecule is COc1cc(N2CCN(NC(=O)OC(C)(C)C)CC2)ccc1N. The maximum Gasteiger partial charge on any atom is 0.422 e. The lowest BCUT2D eigenvalue weighted by Gasteiger charge is -2.36. The van der Waals surface area contributed by atoms with Crippen LogP contribution in [0.3, 0.4) is 0 Å². The summed E-state index contributed by atoms with van der Waals surface area (Å²) in [5.41, 5.74) is 9.82. The number of carbonyl (C=O) groups is 1. The van der Waals surface area contributed by atoms with E-state index in [4.69, 9.17) is 15.2 Å². The van der Waals surface area contributed by atoms with Crippen LogP contribution in [-0.2, 0) is 4.74 Å². The lowest BCUT2D eigenvalue weighted by Crippen LogP contribution is -2.54. The Morgan fingerprint density at radius 3 is 2.43 bits per heavy atom. The van der Waals surface area contributed by atoms with E-state index < -0.39 is 11.7 Å². The summed E-state index contributed by atoms with van der Waals surface area (Å²) in [6, 6.07) is 5.76. The number of piperazine rings is 1. The van der Waals surface area contributed by atoms with Crippen molar-refractivity contribution in [3.05, 3.63) is 18.2 Å². The molecular formula is C16H26N4O3. The van der Waals surface area contributed by atoms with Crippen LogP contribution in [0.25, 0.3) is 0 Å². The molecule has 0 unspecified atom stereocenters. The Bertz CT molecular complexity index is 549. The van der Waals surface area contributed by atoms with Crippen molar-refractivity contribution in [2.45, 2.75) is 26.4 Å². The van der Waals surface area contributed by atoms with Gasteiger partial charge >= 0.3 is 6.09 Å². The van der Waals surface area contributed by atoms with Gasteiger partial charge in [-0.15, -0.1) is 0 Å². The zero-order valence-corrected chi connectivity index (χ0v) is 14.3. The molecule has 2 rings (SSSR count). The molecule has 1 aromatic rings. The highest BCUT2D eigenvalue weighted by atomic mass is 16.6. The summed E-state index contributed by atoms with van der Waals surface area (Å²) in [6.07, 6.45) is -0.417. The molecule has 3 N–H and O–H groups in total. The standard InChI is InChI=1S/C16H26N4O3/c1-16(2,3)23-15(21)18-20-9-7-19(8-10-20)12-5-6-13(17)14(11-12)22-4/h5-6,11H,7-10,17H2,1-4H3,(H,18,21). The van der Waals surface area contributed by atoms with E-state index in [0.29, 0.717) is 24.5 Å². The predicted molar refractivity (Wildman–Crippen MR) is 90.6 cm³/mol. The number of methoxy groups -OCH3 is 1. The van der Waals surface area contributed by atoms with E-state index in [2.05, 4.69) is 10.3 Å². The number of hydrazine groups is 1. The first-order chi connectivity index (χ1) is 10.8. The highest BCUT2D eigenvalue weighted by Crippen LogP contribution is 2.27. The molecule has 0 atom stereocenters. The van der Waals surface area contributed by atoms with Gasteiger partial charge in [0.2, 0.25) is 0 Å². The van der Waals surface area contributed by atoms with Crippen molar-refractivity contribution in [3.63, 3.8) is 0 Å². The second kappa shape index (κ2) is 6.95. The first-order valence-electron chi connectivity index (χ1n) is 7.71. The number of benzene rings is 1. The molecule has 128 valence electrons. The molecule has 1 aliphatic rings. The topological polar surface area (TPSA) is 80.1 Å². The Morgan fingerprint density at radius 1 is 1.22 bits per heavy atom. The maximum absolute atomic E-state index is 11.8. The van der Waals surface area contributed by atoms with Gasteiger partial charge in [-0.25, -0.2) is 9.80 Å². The average Bonchev–Trinajstić information content (AvgIpc) is 2.46. The monoisotopic (exact) mass is 322 g/mol. The molecule has 1 heterocycles. The number of hydrogen-bond acceptors (Lipinski definition) is 6. The molecule has 0 spiro atoms. The molecular weight excluding hydrogens is 296 g/mol. The lowest BCUT2D eigenvalue weighted by atomic mass is 10.2. The van der Waals surface area contributed by atoms with E-state index in [1.165, 1.54) is 0 Å². The third kappa shape index (κ3) is 4.92. The third-order valence-electron chi connectivity index (χ3n) is 3.51. The molecule has 0 aromatic heterocycles. The van der Waals surface area contributed by atoms with Gasteiger partial charge in [-0.05, 0) is 32.9 Å². The van der Waals surface area contributed by atoms with E-state index in [0.717, 1.165) is 18.8 Å². The molecule has 0 radical (unpaired) electrons. The van der Waals surface area contributed by atoms with E-state index in [-0.39, 0.29) is 0 Å². The van der Waals surface area contributed by atoms with Crippen LogP contribution in [-0.4, -0.2) is 50.0 Å². The van der Waals surface area contributed by atoms with Crippen molar-refractivity contribution in [1.29, 1.82) is 0 Å². The Kier molecular flexibility index (Phi) is 5.20. The maximum atomic E-state index is 11.8. The first kappa shape index (κ1) is 17.2. The smallest absolute Gasteiger partial charge is 0.422 e. The number of amides is 1. The summed E-state index contributed by atoms with van der Waals surface area (Å²) >= 11 is 0. The van der Waals surface area contributed by atoms with Crippen molar-refractivity contribution in [2.75, 3.05) is 43.9 Å². The predicted octanol–water partition coefficient (Wildman–Crippen LogP) is 1.84. The molecule has 1 saturated heterocycles. The minimum Gasteiger partial charge on any atom is -0.495 e. The van der Waals surface area contributed by atoms with Crippen LogP contribution in [0, 0.1) is 0 Å². The normalized spacial score (nSPS) is 16.1. The molecule has 0 bridgehead atoms. The molecule has 0 saturated carbocycles. The van der Waals surface area contributed by atoms with Crippen molar-refractivity contribution >= 4 is 17.5 Å². The van der Waals surface area contributed by atoms with Gasteiger partial charge < -0.3 is 20.1 Å². The van der Waals surface area contributed by atoms with Gasteiger partial charge in [0.05, 0.1) is 12.8 Å². The van der Waals surface area contributed by atoms with Gasteiger partial charge in [0.15, 0.2) is 0 Å². The van der Waals surface area contributed by atoms with Crippen LogP contribution in [0.4, 0.5) is 16.2 Å². The second-order valence-electron chi connectivity index (χ2n) is 6.51. The highest BCUT2D eigenvalue weighted by Gasteiger charge is 2.22. The van der Waals surface area contributed by atoms with E-state index in [9.17, 15) is 4.79 Å². The molecule has 1 aromatic carbocycles. The van der Waals surface area contributed by atoms with Crippen LogP contribution in [0.15, 0.2) is 18.2 Å². The summed E-state index contributed by atoms with van der Waals surface area (Å²) in [6.45, 7) is 8.56. The van der Waals surface area contributed by atoms with Gasteiger partial charge in [-0.3, -0.25) is 5.43 Å². The highest BCUT2D eigenvalue weighted by molar-refractivity contribution is 5.67. The van der Waals surface area contributed by atoms with Gasteiger partial charge in [-0.2, -0.15) is 0 Å². The van der Waals surface area contributed by atoms with Gasteiger partial charge in [0.25, 0.3) is 0 Å². The second-order valence-corrected chi connectivity index (χ2v) is 6.51. The van der Waals surface area contributed by atoms with Crippen molar-refractivity contribution in [1.82, 2.24) is 10.4 Å². The number of nitrogens with zero attached hydrogens (tertiary/aromatic N) is 2. The van der Waals surface area contributed by atoms with Crippen LogP contribution >= 0.6 is 0 Å². The fraction of sp³-hybridized carbons (Fsp3) is 0.562. The molecule has 1 fully saturated rings. The molecule has 1 amide bonds. The minimum atomic E-state index is -0.494. The molecule has 23 heavy (non-hydrogen) atoms. The van der Waals surface area contributed by atoms with Crippen LogP contribution in [0.1, 0.15) is 20.8 Å². The largest absolute Gasteiger partial charge is 0.495 e. The summed E-state index contributed by atoms with van der Waals surface area (Å²) in [4.78, 5) is 14.0. The summed E-state index contributed by atoms with van der Waals surface area (Å²) < 4.78 is 10.5. The summed E-state index contributed by atoms with van der Waals surface area (Å²) in [7, 11) is 1.61. The number of ether oxygens (including phenoxy) is 2. The number of rotatable bonds is 3. The zero-order valence-electron chi connectivity index (χ0n) is 14.3. The molecule has 0 aliphatic carbocycles. The number of hydrogen-bond donors (Lipinski definition) is 2. The van der Waals surface area contributed by atoms with E-state index in [1.54, 1.807) is 7.11 Å². The summed E-state index contributed by atoms with van der Waals surface area (Å²) in [5.74, 6) is 0.678. The average molecular weight is 322 g/mol. The lowest BCUT2D eigenvalue weighted by molar-refractivity contribution is 0.0321. The molecule has 7 heteroatoms. The molecule has 7 nitrogen and oxygen atoms in total. The fourth-order valence-corrected chi connectivity index (χ4v) is 2.40.